The van der Waals surface area contributed by atoms with Crippen LogP contribution in [0.2, 0.25) is 0 Å². The molecule has 0 atom stereocenters. The van der Waals surface area contributed by atoms with E-state index in [1.807, 2.05) is 40.7 Å². The van der Waals surface area contributed by atoms with Crippen LogP contribution in [0.3, 0.4) is 0 Å². The molecule has 0 aliphatic heterocycles. The highest BCUT2D eigenvalue weighted by molar-refractivity contribution is 5.97. The average molecular weight is 412 g/mol. The van der Waals surface area contributed by atoms with Crippen molar-refractivity contribution in [1.82, 2.24) is 19.3 Å². The van der Waals surface area contributed by atoms with E-state index in [0.29, 0.717) is 36.3 Å². The van der Waals surface area contributed by atoms with Gasteiger partial charge in [-0.3, -0.25) is 19.4 Å². The Morgan fingerprint density at radius 2 is 2.00 bits per heavy atom. The average Bonchev–Trinajstić information content (AvgIpc) is 2.66. The predicted octanol–water partition coefficient (Wildman–Crippen LogP) is 2.39. The zero-order chi connectivity index (χ0) is 22.0. The lowest BCUT2D eigenvalue weighted by molar-refractivity contribution is 0.0748. The molecule has 0 radical (unpaired) electrons. The molecule has 3 rings (SSSR count). The summed E-state index contributed by atoms with van der Waals surface area (Å²) in [5, 5.41) is 11.8. The van der Waals surface area contributed by atoms with E-state index in [2.05, 4.69) is 5.32 Å². The van der Waals surface area contributed by atoms with Gasteiger partial charge >= 0.3 is 0 Å². The number of aromatic nitrogens is 3. The Morgan fingerprint density at radius 3 is 2.67 bits per heavy atom. The molecule has 0 spiro atoms. The second kappa shape index (κ2) is 8.79. The van der Waals surface area contributed by atoms with Crippen LogP contribution in [0.15, 0.2) is 29.2 Å². The number of nitrogens with one attached hydrogen (secondary N) is 2. The van der Waals surface area contributed by atoms with Gasteiger partial charge in [0.15, 0.2) is 0 Å². The predicted molar refractivity (Wildman–Crippen MR) is 116 cm³/mol. The van der Waals surface area contributed by atoms with Crippen LogP contribution in [0, 0.1) is 12.3 Å². The topological polar surface area (TPSA) is 101 Å². The molecule has 0 aromatic carbocycles. The molecule has 3 heterocycles. The molecule has 160 valence electrons. The number of aryl methyl sites for hydroxylation is 2. The van der Waals surface area contributed by atoms with Crippen LogP contribution in [-0.4, -0.2) is 38.6 Å². The molecular weight excluding hydrogens is 382 g/mol. The first kappa shape index (κ1) is 21.7. The van der Waals surface area contributed by atoms with Crippen molar-refractivity contribution in [3.63, 3.8) is 0 Å². The number of carbonyl (C=O) groups excluding carboxylic acids is 1. The smallest absolute Gasteiger partial charge is 0.267 e. The zero-order valence-corrected chi connectivity index (χ0v) is 18.2. The highest BCUT2D eigenvalue weighted by atomic mass is 16.5. The molecule has 8 nitrogen and oxygen atoms in total. The van der Waals surface area contributed by atoms with Gasteiger partial charge in [-0.05, 0) is 58.7 Å². The summed E-state index contributed by atoms with van der Waals surface area (Å²) >= 11 is 0. The summed E-state index contributed by atoms with van der Waals surface area (Å²) in [5.41, 5.74) is 1.75. The highest BCUT2D eigenvalue weighted by Gasteiger charge is 2.18. The third kappa shape index (κ3) is 4.28. The molecule has 30 heavy (non-hydrogen) atoms. The van der Waals surface area contributed by atoms with Gasteiger partial charge in [-0.1, -0.05) is 6.07 Å². The quantitative estimate of drug-likeness (QED) is 0.460. The summed E-state index contributed by atoms with van der Waals surface area (Å²) in [7, 11) is 0. The zero-order valence-electron chi connectivity index (χ0n) is 18.2. The molecule has 3 aromatic heterocycles. The molecule has 0 saturated heterocycles. The summed E-state index contributed by atoms with van der Waals surface area (Å²) in [6.07, 6.45) is 2.41. The van der Waals surface area contributed by atoms with E-state index in [4.69, 9.17) is 15.1 Å². The number of hydrogen-bond donors (Lipinski definition) is 2. The Bertz CT molecular complexity index is 1210. The van der Waals surface area contributed by atoms with E-state index < -0.39 is 0 Å². The van der Waals surface area contributed by atoms with Gasteiger partial charge in [0, 0.05) is 25.4 Å². The summed E-state index contributed by atoms with van der Waals surface area (Å²) in [4.78, 5) is 30.6. The maximum absolute atomic E-state index is 13.2. The van der Waals surface area contributed by atoms with Gasteiger partial charge in [0.1, 0.15) is 16.8 Å². The number of hydrogen-bond acceptors (Lipinski definition) is 5. The summed E-state index contributed by atoms with van der Waals surface area (Å²) < 4.78 is 8.74. The van der Waals surface area contributed by atoms with Crippen molar-refractivity contribution in [3.05, 3.63) is 51.4 Å². The molecule has 0 aliphatic rings. The summed E-state index contributed by atoms with van der Waals surface area (Å²) in [5.74, 6) is -0.377. The highest BCUT2D eigenvalue weighted by Crippen LogP contribution is 2.13. The van der Waals surface area contributed by atoms with E-state index in [1.54, 1.807) is 16.8 Å². The minimum absolute atomic E-state index is 0.0371. The van der Waals surface area contributed by atoms with Crippen LogP contribution in [0.4, 0.5) is 0 Å². The van der Waals surface area contributed by atoms with Crippen molar-refractivity contribution in [2.45, 2.75) is 59.7 Å². The first-order valence-electron chi connectivity index (χ1n) is 10.2. The minimum atomic E-state index is -0.377. The number of nitrogens with zero attached hydrogens (tertiary/aromatic N) is 3. The maximum Gasteiger partial charge on any atom is 0.267 e. The monoisotopic (exact) mass is 411 g/mol. The third-order valence-electron chi connectivity index (χ3n) is 4.78. The van der Waals surface area contributed by atoms with Crippen molar-refractivity contribution in [1.29, 1.82) is 5.41 Å². The van der Waals surface area contributed by atoms with E-state index in [1.165, 1.54) is 10.5 Å². The SMILES string of the molecule is Cc1cccn2c(=O)c3cc(C(=O)NC(C)C)c(=N)n(CCCOC(C)C)c3nc12. The molecule has 0 unspecified atom stereocenters. The lowest BCUT2D eigenvalue weighted by atomic mass is 10.1. The maximum atomic E-state index is 13.2. The van der Waals surface area contributed by atoms with Gasteiger partial charge in [-0.25, -0.2) is 4.98 Å². The fraction of sp³-hybridized carbons (Fsp3) is 0.455. The van der Waals surface area contributed by atoms with Crippen molar-refractivity contribution < 1.29 is 9.53 Å². The van der Waals surface area contributed by atoms with Crippen LogP contribution in [-0.2, 0) is 11.3 Å². The Balaban J connectivity index is 2.24. The van der Waals surface area contributed by atoms with Gasteiger partial charge < -0.3 is 14.6 Å². The van der Waals surface area contributed by atoms with Crippen LogP contribution >= 0.6 is 0 Å². The van der Waals surface area contributed by atoms with Gasteiger partial charge in [-0.2, -0.15) is 0 Å². The molecule has 0 fully saturated rings. The molecule has 8 heteroatoms. The number of amides is 1. The fourth-order valence-electron chi connectivity index (χ4n) is 3.37. The van der Waals surface area contributed by atoms with Crippen LogP contribution < -0.4 is 16.4 Å². The largest absolute Gasteiger partial charge is 0.379 e. The van der Waals surface area contributed by atoms with Crippen molar-refractivity contribution in [2.24, 2.45) is 0 Å². The second-order valence-electron chi connectivity index (χ2n) is 8.00. The van der Waals surface area contributed by atoms with Gasteiger partial charge in [0.2, 0.25) is 0 Å². The Morgan fingerprint density at radius 1 is 1.27 bits per heavy atom. The fourth-order valence-corrected chi connectivity index (χ4v) is 3.37. The molecule has 0 aliphatic carbocycles. The van der Waals surface area contributed by atoms with E-state index in [0.717, 1.165) is 5.56 Å². The van der Waals surface area contributed by atoms with Crippen LogP contribution in [0.25, 0.3) is 16.7 Å². The standard InChI is InChI=1S/C22H29N5O3/c1-13(2)24-21(28)16-12-17-20(26(18(16)23)10-7-11-30-14(3)4)25-19-15(5)8-6-9-27(19)22(17)29/h6,8-9,12-14,23H,7,10-11H2,1-5H3,(H,24,28). The van der Waals surface area contributed by atoms with E-state index >= 15 is 0 Å². The van der Waals surface area contributed by atoms with E-state index in [9.17, 15) is 9.59 Å². The second-order valence-corrected chi connectivity index (χ2v) is 8.00. The molecule has 2 N–H and O–H groups in total. The van der Waals surface area contributed by atoms with E-state index in [-0.39, 0.29) is 34.7 Å². The molecule has 1 amide bonds. The Hall–Kier alpha value is -3.00. The van der Waals surface area contributed by atoms with Gasteiger partial charge in [-0.15, -0.1) is 0 Å². The van der Waals surface area contributed by atoms with Crippen molar-refractivity contribution in [3.8, 4) is 0 Å². The normalized spacial score (nSPS) is 11.7. The van der Waals surface area contributed by atoms with Gasteiger partial charge in [0.25, 0.3) is 11.5 Å². The summed E-state index contributed by atoms with van der Waals surface area (Å²) in [6, 6.07) is 5.08. The van der Waals surface area contributed by atoms with Crippen molar-refractivity contribution >= 4 is 22.6 Å². The van der Waals surface area contributed by atoms with Crippen LogP contribution in [0.1, 0.15) is 50.0 Å². The molecule has 3 aromatic rings. The third-order valence-corrected chi connectivity index (χ3v) is 4.78. The number of fused-ring (bicyclic) bond motifs is 2. The number of ether oxygens (including phenoxy) is 1. The van der Waals surface area contributed by atoms with Gasteiger partial charge in [0.05, 0.1) is 17.1 Å². The lowest BCUT2D eigenvalue weighted by Crippen LogP contribution is -2.37. The van der Waals surface area contributed by atoms with Crippen LogP contribution in [0.5, 0.6) is 0 Å². The molecule has 0 bridgehead atoms. The minimum Gasteiger partial charge on any atom is -0.379 e. The lowest BCUT2D eigenvalue weighted by Gasteiger charge is -2.16. The number of carbonyl (C=O) groups is 1. The van der Waals surface area contributed by atoms with Crippen molar-refractivity contribution in [2.75, 3.05) is 6.61 Å². The first-order valence-corrected chi connectivity index (χ1v) is 10.2. The molecule has 0 saturated carbocycles. The Kier molecular flexibility index (Phi) is 6.36. The first-order chi connectivity index (χ1) is 14.2. The Labute approximate surface area is 175 Å². The number of rotatable bonds is 7. The number of pyridine rings is 2. The summed E-state index contributed by atoms with van der Waals surface area (Å²) in [6.45, 7) is 10.5. The molecular formula is C22H29N5O3.